The molecule has 0 saturated carbocycles. The van der Waals surface area contributed by atoms with Gasteiger partial charge in [-0.2, -0.15) is 0 Å². The third-order valence-electron chi connectivity index (χ3n) is 4.39. The Morgan fingerprint density at radius 3 is 2.52 bits per heavy atom. The van der Waals surface area contributed by atoms with Gasteiger partial charge in [0.2, 0.25) is 0 Å². The quantitative estimate of drug-likeness (QED) is 0.616. The van der Waals surface area contributed by atoms with Gasteiger partial charge in [0, 0.05) is 18.7 Å². The number of methoxy groups -OCH3 is 1. The molecule has 0 unspecified atom stereocenters. The molecule has 1 aliphatic rings. The minimum absolute atomic E-state index is 0.122. The summed E-state index contributed by atoms with van der Waals surface area (Å²) >= 11 is 0. The second-order valence-electron chi connectivity index (χ2n) is 5.98. The molecule has 2 aromatic rings. The van der Waals surface area contributed by atoms with Crippen LogP contribution < -0.4 is 9.04 Å². The van der Waals surface area contributed by atoms with Crippen LogP contribution >= 0.6 is 0 Å². The lowest BCUT2D eigenvalue weighted by molar-refractivity contribution is -0.384. The van der Waals surface area contributed by atoms with Crippen molar-refractivity contribution >= 4 is 21.4 Å². The van der Waals surface area contributed by atoms with Crippen LogP contribution in [0.25, 0.3) is 0 Å². The molecule has 0 radical (unpaired) electrons. The fourth-order valence-electron chi connectivity index (χ4n) is 3.08. The first-order chi connectivity index (χ1) is 11.8. The van der Waals surface area contributed by atoms with Gasteiger partial charge >= 0.3 is 0 Å². The highest BCUT2D eigenvalue weighted by Crippen LogP contribution is 2.37. The zero-order valence-corrected chi connectivity index (χ0v) is 15.0. The van der Waals surface area contributed by atoms with Gasteiger partial charge in [-0.15, -0.1) is 0 Å². The molecule has 3 rings (SSSR count). The number of nitro groups is 1. The molecule has 2 aromatic carbocycles. The van der Waals surface area contributed by atoms with Crippen molar-refractivity contribution in [2.75, 3.05) is 18.0 Å². The zero-order chi connectivity index (χ0) is 18.4. The molecule has 1 aliphatic heterocycles. The molecule has 0 amide bonds. The Bertz CT molecular complexity index is 969. The first kappa shape index (κ1) is 17.2. The second-order valence-corrected chi connectivity index (χ2v) is 7.82. The molecule has 0 atom stereocenters. The van der Waals surface area contributed by atoms with Crippen LogP contribution in [0.2, 0.25) is 0 Å². The van der Waals surface area contributed by atoms with Gasteiger partial charge in [0.15, 0.2) is 0 Å². The molecular formula is C17H18N2O5S. The number of fused-ring (bicyclic) bond motifs is 1. The number of nitrogens with zero attached hydrogens (tertiary/aromatic N) is 2. The molecular weight excluding hydrogens is 344 g/mol. The summed E-state index contributed by atoms with van der Waals surface area (Å²) in [4.78, 5) is 10.7. The lowest BCUT2D eigenvalue weighted by Crippen LogP contribution is -2.29. The van der Waals surface area contributed by atoms with E-state index in [1.54, 1.807) is 32.0 Å². The van der Waals surface area contributed by atoms with E-state index in [4.69, 9.17) is 4.74 Å². The number of rotatable bonds is 4. The summed E-state index contributed by atoms with van der Waals surface area (Å²) in [5.41, 5.74) is 2.33. The normalized spacial score (nSPS) is 13.6. The zero-order valence-electron chi connectivity index (χ0n) is 14.1. The monoisotopic (exact) mass is 362 g/mol. The standard InChI is InChI=1S/C17H18N2O5S/c1-11-9-17(12(2)8-16(11)24-3)25(22,23)18-7-6-13-4-5-14(19(20)21)10-15(13)18/h4-5,8-10H,6-7H2,1-3H3. The summed E-state index contributed by atoms with van der Waals surface area (Å²) in [7, 11) is -2.28. The number of sulfonamides is 1. The van der Waals surface area contributed by atoms with Crippen molar-refractivity contribution in [3.05, 3.63) is 57.1 Å². The van der Waals surface area contributed by atoms with Crippen LogP contribution in [0.4, 0.5) is 11.4 Å². The molecule has 7 nitrogen and oxygen atoms in total. The first-order valence-electron chi connectivity index (χ1n) is 7.71. The van der Waals surface area contributed by atoms with E-state index in [0.717, 1.165) is 5.56 Å². The molecule has 25 heavy (non-hydrogen) atoms. The Morgan fingerprint density at radius 2 is 1.88 bits per heavy atom. The molecule has 0 aromatic heterocycles. The van der Waals surface area contributed by atoms with Gasteiger partial charge in [0.05, 0.1) is 22.6 Å². The molecule has 0 fully saturated rings. The number of anilines is 1. The van der Waals surface area contributed by atoms with Crippen molar-refractivity contribution < 1.29 is 18.1 Å². The number of nitro benzene ring substituents is 1. The fourth-order valence-corrected chi connectivity index (χ4v) is 4.87. The summed E-state index contributed by atoms with van der Waals surface area (Å²) < 4.78 is 32.8. The lowest BCUT2D eigenvalue weighted by atomic mass is 10.1. The summed E-state index contributed by atoms with van der Waals surface area (Å²) in [6.07, 6.45) is 0.529. The van der Waals surface area contributed by atoms with Gasteiger partial charge in [0.25, 0.3) is 15.7 Å². The predicted molar refractivity (Wildman–Crippen MR) is 93.8 cm³/mol. The molecule has 0 N–H and O–H groups in total. The van der Waals surface area contributed by atoms with Gasteiger partial charge in [0.1, 0.15) is 5.75 Å². The highest BCUT2D eigenvalue weighted by Gasteiger charge is 2.33. The van der Waals surface area contributed by atoms with E-state index in [1.165, 1.54) is 23.5 Å². The van der Waals surface area contributed by atoms with Crippen molar-refractivity contribution in [1.29, 1.82) is 0 Å². The topological polar surface area (TPSA) is 89.8 Å². The Hall–Kier alpha value is -2.61. The van der Waals surface area contributed by atoms with Gasteiger partial charge in [-0.3, -0.25) is 14.4 Å². The SMILES string of the molecule is COc1cc(C)c(S(=O)(=O)N2CCc3ccc([N+](=O)[O-])cc32)cc1C. The highest BCUT2D eigenvalue weighted by atomic mass is 32.2. The molecule has 8 heteroatoms. The summed E-state index contributed by atoms with van der Waals surface area (Å²) in [6.45, 7) is 3.75. The maximum Gasteiger partial charge on any atom is 0.271 e. The van der Waals surface area contributed by atoms with E-state index in [-0.39, 0.29) is 17.1 Å². The summed E-state index contributed by atoms with van der Waals surface area (Å²) in [5, 5.41) is 11.0. The van der Waals surface area contributed by atoms with Gasteiger partial charge in [-0.25, -0.2) is 8.42 Å². The Kier molecular flexibility index (Phi) is 4.16. The van der Waals surface area contributed by atoms with Crippen molar-refractivity contribution in [3.8, 4) is 5.75 Å². The van der Waals surface area contributed by atoms with E-state index in [1.807, 2.05) is 0 Å². The largest absolute Gasteiger partial charge is 0.496 e. The molecule has 0 bridgehead atoms. The van der Waals surface area contributed by atoms with Crippen LogP contribution in [0.1, 0.15) is 16.7 Å². The lowest BCUT2D eigenvalue weighted by Gasteiger charge is -2.21. The molecule has 132 valence electrons. The highest BCUT2D eigenvalue weighted by molar-refractivity contribution is 7.93. The second kappa shape index (κ2) is 6.03. The minimum atomic E-state index is -3.82. The number of non-ortho nitro benzene ring substituents is 1. The Balaban J connectivity index is 2.11. The summed E-state index contributed by atoms with van der Waals surface area (Å²) in [5.74, 6) is 0.619. The van der Waals surface area contributed by atoms with Crippen molar-refractivity contribution in [1.82, 2.24) is 0 Å². The number of ether oxygens (including phenoxy) is 1. The van der Waals surface area contributed by atoms with Crippen LogP contribution in [0.5, 0.6) is 5.75 Å². The van der Waals surface area contributed by atoms with Crippen LogP contribution in [0.15, 0.2) is 35.2 Å². The third-order valence-corrected chi connectivity index (χ3v) is 6.35. The number of benzene rings is 2. The molecule has 0 aliphatic carbocycles. The van der Waals surface area contributed by atoms with Crippen LogP contribution in [0, 0.1) is 24.0 Å². The fraction of sp³-hybridized carbons (Fsp3) is 0.294. The van der Waals surface area contributed by atoms with Crippen LogP contribution in [0.3, 0.4) is 0 Å². The number of aryl methyl sites for hydroxylation is 2. The summed E-state index contributed by atoms with van der Waals surface area (Å²) in [6, 6.07) is 7.62. The predicted octanol–water partition coefficient (Wildman–Crippen LogP) is 2.97. The molecule has 0 spiro atoms. The first-order valence-corrected chi connectivity index (χ1v) is 9.15. The van der Waals surface area contributed by atoms with Crippen molar-refractivity contribution in [2.24, 2.45) is 0 Å². The van der Waals surface area contributed by atoms with E-state index in [0.29, 0.717) is 29.0 Å². The van der Waals surface area contributed by atoms with Crippen molar-refractivity contribution in [2.45, 2.75) is 25.2 Å². The minimum Gasteiger partial charge on any atom is -0.496 e. The maximum atomic E-state index is 13.2. The molecule has 0 saturated heterocycles. The Morgan fingerprint density at radius 1 is 1.16 bits per heavy atom. The van der Waals surface area contributed by atoms with Crippen molar-refractivity contribution in [3.63, 3.8) is 0 Å². The Labute approximate surface area is 146 Å². The van der Waals surface area contributed by atoms with Gasteiger partial charge in [-0.1, -0.05) is 6.07 Å². The van der Waals surface area contributed by atoms with E-state index in [9.17, 15) is 18.5 Å². The van der Waals surface area contributed by atoms with E-state index in [2.05, 4.69) is 0 Å². The average molecular weight is 362 g/mol. The van der Waals surface area contributed by atoms with Crippen LogP contribution in [-0.2, 0) is 16.4 Å². The van der Waals surface area contributed by atoms with E-state index >= 15 is 0 Å². The number of hydrogen-bond acceptors (Lipinski definition) is 5. The van der Waals surface area contributed by atoms with Crippen LogP contribution in [-0.4, -0.2) is 27.0 Å². The number of hydrogen-bond donors (Lipinski definition) is 0. The average Bonchev–Trinajstić information content (AvgIpc) is 3.00. The maximum absolute atomic E-state index is 13.2. The van der Waals surface area contributed by atoms with Gasteiger partial charge in [-0.05, 0) is 49.1 Å². The molecule has 1 heterocycles. The smallest absolute Gasteiger partial charge is 0.271 e. The van der Waals surface area contributed by atoms with E-state index < -0.39 is 14.9 Å². The third kappa shape index (κ3) is 2.82. The van der Waals surface area contributed by atoms with Gasteiger partial charge < -0.3 is 4.74 Å².